The van der Waals surface area contributed by atoms with Crippen LogP contribution >= 0.6 is 0 Å². The van der Waals surface area contributed by atoms with Crippen molar-refractivity contribution < 1.29 is 14.3 Å². The van der Waals surface area contributed by atoms with Gasteiger partial charge in [0, 0.05) is 19.4 Å². The molecular weight excluding hydrogens is 232 g/mol. The van der Waals surface area contributed by atoms with Crippen LogP contribution in [0.25, 0.3) is 0 Å². The third kappa shape index (κ3) is 1.95. The van der Waals surface area contributed by atoms with Crippen molar-refractivity contribution in [3.8, 4) is 11.5 Å². The van der Waals surface area contributed by atoms with Gasteiger partial charge >= 0.3 is 0 Å². The summed E-state index contributed by atoms with van der Waals surface area (Å²) in [5.74, 6) is 1.12. The first-order valence-electron chi connectivity index (χ1n) is 5.42. The number of aromatic nitrogens is 2. The first-order chi connectivity index (χ1) is 8.69. The zero-order valence-corrected chi connectivity index (χ0v) is 10.5. The fraction of sp³-hybridized carbons (Fsp3) is 0.231. The summed E-state index contributed by atoms with van der Waals surface area (Å²) in [6.45, 7) is 0. The van der Waals surface area contributed by atoms with Crippen LogP contribution < -0.4 is 9.47 Å². The van der Waals surface area contributed by atoms with Gasteiger partial charge in [-0.3, -0.25) is 4.79 Å². The molecule has 0 saturated carbocycles. The second-order valence-electron chi connectivity index (χ2n) is 3.73. The Kier molecular flexibility index (Phi) is 3.32. The third-order valence-corrected chi connectivity index (χ3v) is 2.67. The molecule has 0 N–H and O–H groups in total. The van der Waals surface area contributed by atoms with Crippen molar-refractivity contribution in [3.63, 3.8) is 0 Å². The number of rotatable bonds is 4. The highest BCUT2D eigenvalue weighted by molar-refractivity contribution is 6.09. The van der Waals surface area contributed by atoms with Gasteiger partial charge in [0.05, 0.1) is 19.8 Å². The maximum Gasteiger partial charge on any atom is 0.232 e. The highest BCUT2D eigenvalue weighted by atomic mass is 16.5. The van der Waals surface area contributed by atoms with Gasteiger partial charge in [0.1, 0.15) is 0 Å². The maximum absolute atomic E-state index is 12.4. The van der Waals surface area contributed by atoms with Gasteiger partial charge in [0.25, 0.3) is 0 Å². The van der Waals surface area contributed by atoms with Crippen molar-refractivity contribution in [2.45, 2.75) is 0 Å². The van der Waals surface area contributed by atoms with E-state index in [-0.39, 0.29) is 5.78 Å². The van der Waals surface area contributed by atoms with Gasteiger partial charge in [-0.2, -0.15) is 0 Å². The molecule has 0 unspecified atom stereocenters. The fourth-order valence-corrected chi connectivity index (χ4v) is 1.77. The van der Waals surface area contributed by atoms with Crippen molar-refractivity contribution >= 4 is 5.78 Å². The Morgan fingerprint density at radius 3 is 2.61 bits per heavy atom. The Hall–Kier alpha value is -2.30. The van der Waals surface area contributed by atoms with Crippen molar-refractivity contribution in [1.82, 2.24) is 9.55 Å². The van der Waals surface area contributed by atoms with Gasteiger partial charge in [0.15, 0.2) is 17.3 Å². The summed E-state index contributed by atoms with van der Waals surface area (Å²) >= 11 is 0. The molecule has 0 aliphatic rings. The Bertz CT molecular complexity index is 575. The number of hydrogen-bond acceptors (Lipinski definition) is 4. The van der Waals surface area contributed by atoms with E-state index in [1.165, 1.54) is 14.2 Å². The number of benzene rings is 1. The van der Waals surface area contributed by atoms with Crippen LogP contribution in [0.3, 0.4) is 0 Å². The number of ether oxygens (including phenoxy) is 2. The molecule has 5 heteroatoms. The summed E-state index contributed by atoms with van der Waals surface area (Å²) in [5.41, 5.74) is 0.436. The molecule has 1 aromatic heterocycles. The van der Waals surface area contributed by atoms with E-state index in [9.17, 15) is 4.79 Å². The molecule has 5 nitrogen and oxygen atoms in total. The van der Waals surface area contributed by atoms with Crippen LogP contribution in [0.4, 0.5) is 0 Å². The maximum atomic E-state index is 12.4. The van der Waals surface area contributed by atoms with Gasteiger partial charge < -0.3 is 14.0 Å². The third-order valence-electron chi connectivity index (χ3n) is 2.67. The normalized spacial score (nSPS) is 10.2. The number of para-hydroxylation sites is 1. The van der Waals surface area contributed by atoms with E-state index in [0.717, 1.165) is 0 Å². The zero-order valence-electron chi connectivity index (χ0n) is 10.5. The number of methoxy groups -OCH3 is 2. The molecule has 0 amide bonds. The van der Waals surface area contributed by atoms with Gasteiger partial charge in [0.2, 0.25) is 5.78 Å². The number of aryl methyl sites for hydroxylation is 1. The molecule has 1 heterocycles. The average molecular weight is 246 g/mol. The van der Waals surface area contributed by atoms with E-state index in [2.05, 4.69) is 4.98 Å². The average Bonchev–Trinajstić information content (AvgIpc) is 2.83. The van der Waals surface area contributed by atoms with Gasteiger partial charge in [-0.05, 0) is 12.1 Å². The number of carbonyl (C=O) groups excluding carboxylic acids is 1. The van der Waals surface area contributed by atoms with E-state index in [0.29, 0.717) is 22.9 Å². The number of carbonyl (C=O) groups is 1. The number of ketones is 1. The summed E-state index contributed by atoms with van der Waals surface area (Å²) in [7, 11) is 4.81. The summed E-state index contributed by atoms with van der Waals surface area (Å²) in [4.78, 5) is 16.4. The Balaban J connectivity index is 2.52. The minimum Gasteiger partial charge on any atom is -0.493 e. The number of imidazole rings is 1. The first kappa shape index (κ1) is 12.2. The van der Waals surface area contributed by atoms with Crippen molar-refractivity contribution in [1.29, 1.82) is 0 Å². The number of nitrogens with zero attached hydrogens (tertiary/aromatic N) is 2. The zero-order chi connectivity index (χ0) is 13.1. The molecule has 2 aromatic rings. The molecule has 0 radical (unpaired) electrons. The second-order valence-corrected chi connectivity index (χ2v) is 3.73. The summed E-state index contributed by atoms with van der Waals surface area (Å²) < 4.78 is 12.1. The lowest BCUT2D eigenvalue weighted by Gasteiger charge is -2.11. The fourth-order valence-electron chi connectivity index (χ4n) is 1.77. The molecule has 1 aromatic carbocycles. The van der Waals surface area contributed by atoms with E-state index < -0.39 is 0 Å². The van der Waals surface area contributed by atoms with Gasteiger partial charge in [-0.15, -0.1) is 0 Å². The highest BCUT2D eigenvalue weighted by Gasteiger charge is 2.20. The van der Waals surface area contributed by atoms with E-state index in [4.69, 9.17) is 9.47 Å². The van der Waals surface area contributed by atoms with Crippen molar-refractivity contribution in [2.75, 3.05) is 14.2 Å². The van der Waals surface area contributed by atoms with Crippen molar-refractivity contribution in [2.24, 2.45) is 7.05 Å². The Morgan fingerprint density at radius 1 is 1.28 bits per heavy atom. The molecule has 0 spiro atoms. The van der Waals surface area contributed by atoms with E-state index in [1.54, 1.807) is 42.2 Å². The van der Waals surface area contributed by atoms with Gasteiger partial charge in [-0.1, -0.05) is 6.07 Å². The quantitative estimate of drug-likeness (QED) is 0.770. The van der Waals surface area contributed by atoms with E-state index in [1.807, 2.05) is 0 Å². The lowest BCUT2D eigenvalue weighted by Crippen LogP contribution is -2.10. The minimum atomic E-state index is -0.196. The molecule has 94 valence electrons. The molecule has 18 heavy (non-hydrogen) atoms. The van der Waals surface area contributed by atoms with Crippen molar-refractivity contribution in [3.05, 3.63) is 42.0 Å². The van der Waals surface area contributed by atoms with Crippen LogP contribution in [0.15, 0.2) is 30.6 Å². The monoisotopic (exact) mass is 246 g/mol. The van der Waals surface area contributed by atoms with E-state index >= 15 is 0 Å². The summed E-state index contributed by atoms with van der Waals surface area (Å²) in [5, 5.41) is 0. The van der Waals surface area contributed by atoms with Gasteiger partial charge in [-0.25, -0.2) is 4.98 Å². The standard InChI is InChI=1S/C13H14N2O3/c1-15-8-7-14-13(15)11(16)9-5-4-6-10(17-2)12(9)18-3/h4-8H,1-3H3. The molecular formula is C13H14N2O3. The topological polar surface area (TPSA) is 53.3 Å². The minimum absolute atomic E-state index is 0.196. The van der Waals surface area contributed by atoms with Crippen LogP contribution in [0, 0.1) is 0 Å². The van der Waals surface area contributed by atoms with Crippen LogP contribution in [0.1, 0.15) is 16.2 Å². The first-order valence-corrected chi connectivity index (χ1v) is 5.42. The second kappa shape index (κ2) is 4.91. The molecule has 0 fully saturated rings. The predicted molar refractivity (Wildman–Crippen MR) is 66.2 cm³/mol. The molecule has 2 rings (SSSR count). The largest absolute Gasteiger partial charge is 0.493 e. The lowest BCUT2D eigenvalue weighted by atomic mass is 10.1. The molecule has 0 saturated heterocycles. The lowest BCUT2D eigenvalue weighted by molar-refractivity contribution is 0.102. The number of hydrogen-bond donors (Lipinski definition) is 0. The molecule has 0 aliphatic heterocycles. The van der Waals surface area contributed by atoms with Crippen LogP contribution in [-0.4, -0.2) is 29.6 Å². The molecule has 0 aliphatic carbocycles. The molecule has 0 atom stereocenters. The Morgan fingerprint density at radius 2 is 2.06 bits per heavy atom. The predicted octanol–water partition coefficient (Wildman–Crippen LogP) is 1.67. The SMILES string of the molecule is COc1cccc(C(=O)c2nccn2C)c1OC. The summed E-state index contributed by atoms with van der Waals surface area (Å²) in [6, 6.07) is 5.18. The van der Waals surface area contributed by atoms with Crippen LogP contribution in [-0.2, 0) is 7.05 Å². The van der Waals surface area contributed by atoms with Crippen LogP contribution in [0.2, 0.25) is 0 Å². The van der Waals surface area contributed by atoms with Crippen LogP contribution in [0.5, 0.6) is 11.5 Å². The highest BCUT2D eigenvalue weighted by Crippen LogP contribution is 2.31. The summed E-state index contributed by atoms with van der Waals surface area (Å²) in [6.07, 6.45) is 3.31. The molecule has 0 bridgehead atoms. The Labute approximate surface area is 105 Å². The smallest absolute Gasteiger partial charge is 0.232 e.